The lowest BCUT2D eigenvalue weighted by Gasteiger charge is -2.26. The molecule has 0 saturated carbocycles. The lowest BCUT2D eigenvalue weighted by atomic mass is 9.98. The highest BCUT2D eigenvalue weighted by Crippen LogP contribution is 2.29. The summed E-state index contributed by atoms with van der Waals surface area (Å²) >= 11 is 0. The minimum atomic E-state index is -3.69. The van der Waals surface area contributed by atoms with E-state index in [1.165, 1.54) is 40.7 Å². The molecule has 0 atom stereocenters. The first-order valence-corrected chi connectivity index (χ1v) is 14.7. The summed E-state index contributed by atoms with van der Waals surface area (Å²) in [5.74, 6) is -0.588. The molecule has 1 amide bonds. The molecule has 10 heteroatoms. The summed E-state index contributed by atoms with van der Waals surface area (Å²) in [6.07, 6.45) is 1.49. The van der Waals surface area contributed by atoms with Crippen LogP contribution in [0, 0.1) is 0 Å². The van der Waals surface area contributed by atoms with Crippen molar-refractivity contribution in [2.45, 2.75) is 11.5 Å². The van der Waals surface area contributed by atoms with E-state index in [2.05, 4.69) is 10.1 Å². The van der Waals surface area contributed by atoms with Gasteiger partial charge in [-0.15, -0.1) is 0 Å². The van der Waals surface area contributed by atoms with E-state index >= 15 is 0 Å². The number of carbonyl (C=O) groups excluding carboxylic acids is 1. The third-order valence-electron chi connectivity index (χ3n) is 6.70. The lowest BCUT2D eigenvalue weighted by Crippen LogP contribution is -2.40. The maximum Gasteiger partial charge on any atom is 0.387 e. The molecular formula is C32H28F2N2O5S. The topological polar surface area (TPSA) is 84.9 Å². The molecule has 42 heavy (non-hydrogen) atoms. The standard InChI is InChI=1S/C32H28F2N2O5S/c33-32(34)41-30-9-5-4-8-26(30)22-29(25-12-10-24(11-13-25)23-6-2-1-3-7-23)31(37)35-27-14-16-28(17-15-27)42(38,39)36-18-20-40-21-19-36/h1-17,22,32H,18-21H2,(H,35,37)/b29-22-. The molecule has 5 rings (SSSR count). The van der Waals surface area contributed by atoms with E-state index < -0.39 is 22.5 Å². The molecule has 0 spiro atoms. The fraction of sp³-hybridized carbons (Fsp3) is 0.156. The highest BCUT2D eigenvalue weighted by Gasteiger charge is 2.26. The van der Waals surface area contributed by atoms with Gasteiger partial charge < -0.3 is 14.8 Å². The predicted molar refractivity (Wildman–Crippen MR) is 157 cm³/mol. The van der Waals surface area contributed by atoms with Crippen LogP contribution in [0.4, 0.5) is 14.5 Å². The average molecular weight is 591 g/mol. The zero-order chi connectivity index (χ0) is 29.5. The Morgan fingerprint density at radius 1 is 0.833 bits per heavy atom. The van der Waals surface area contributed by atoms with Gasteiger partial charge in [-0.25, -0.2) is 8.42 Å². The molecule has 216 valence electrons. The molecule has 1 heterocycles. The number of halogens is 2. The van der Waals surface area contributed by atoms with Crippen LogP contribution in [-0.2, 0) is 19.6 Å². The van der Waals surface area contributed by atoms with Gasteiger partial charge in [0.2, 0.25) is 10.0 Å². The molecule has 1 fully saturated rings. The largest absolute Gasteiger partial charge is 0.434 e. The first-order chi connectivity index (χ1) is 20.3. The zero-order valence-electron chi connectivity index (χ0n) is 22.5. The number of para-hydroxylation sites is 1. The summed E-state index contributed by atoms with van der Waals surface area (Å²) in [7, 11) is -3.69. The van der Waals surface area contributed by atoms with Gasteiger partial charge in [0, 0.05) is 29.9 Å². The lowest BCUT2D eigenvalue weighted by molar-refractivity contribution is -0.111. The summed E-state index contributed by atoms with van der Waals surface area (Å²) in [4.78, 5) is 13.7. The molecule has 4 aromatic carbocycles. The molecule has 1 N–H and O–H groups in total. The summed E-state index contributed by atoms with van der Waals surface area (Å²) in [6.45, 7) is -1.82. The first-order valence-electron chi connectivity index (χ1n) is 13.2. The number of alkyl halides is 2. The number of anilines is 1. The molecule has 1 aliphatic heterocycles. The van der Waals surface area contributed by atoms with Gasteiger partial charge in [-0.2, -0.15) is 13.1 Å². The van der Waals surface area contributed by atoms with Gasteiger partial charge in [-0.3, -0.25) is 4.79 Å². The molecule has 0 unspecified atom stereocenters. The van der Waals surface area contributed by atoms with Crippen LogP contribution in [0.1, 0.15) is 11.1 Å². The van der Waals surface area contributed by atoms with Crippen molar-refractivity contribution in [3.05, 3.63) is 114 Å². The van der Waals surface area contributed by atoms with E-state index in [0.29, 0.717) is 30.0 Å². The van der Waals surface area contributed by atoms with Gasteiger partial charge in [0.25, 0.3) is 5.91 Å². The van der Waals surface area contributed by atoms with Crippen molar-refractivity contribution in [1.82, 2.24) is 4.31 Å². The van der Waals surface area contributed by atoms with Gasteiger partial charge in [0.15, 0.2) is 0 Å². The molecule has 0 radical (unpaired) electrons. The van der Waals surface area contributed by atoms with Crippen molar-refractivity contribution in [2.75, 3.05) is 31.6 Å². The number of carbonyl (C=O) groups is 1. The fourth-order valence-electron chi connectivity index (χ4n) is 4.56. The Bertz CT molecular complexity index is 1650. The fourth-order valence-corrected chi connectivity index (χ4v) is 5.96. The molecule has 1 saturated heterocycles. The van der Waals surface area contributed by atoms with Crippen LogP contribution >= 0.6 is 0 Å². The van der Waals surface area contributed by atoms with Crippen molar-refractivity contribution < 1.29 is 31.5 Å². The summed E-state index contributed by atoms with van der Waals surface area (Å²) in [5, 5.41) is 2.80. The van der Waals surface area contributed by atoms with Gasteiger partial charge in [0.1, 0.15) is 5.75 Å². The second kappa shape index (κ2) is 13.1. The highest BCUT2D eigenvalue weighted by atomic mass is 32.2. The Hall–Kier alpha value is -4.38. The second-order valence-electron chi connectivity index (χ2n) is 9.41. The van der Waals surface area contributed by atoms with E-state index in [4.69, 9.17) is 4.74 Å². The van der Waals surface area contributed by atoms with Gasteiger partial charge in [0.05, 0.1) is 18.1 Å². The minimum Gasteiger partial charge on any atom is -0.434 e. The summed E-state index contributed by atoms with van der Waals surface area (Å²) < 4.78 is 63.4. The van der Waals surface area contributed by atoms with Crippen molar-refractivity contribution in [3.63, 3.8) is 0 Å². The number of rotatable bonds is 9. The summed E-state index contributed by atoms with van der Waals surface area (Å²) in [5.41, 5.74) is 3.35. The first kappa shape index (κ1) is 29.1. The Morgan fingerprint density at radius 3 is 2.12 bits per heavy atom. The predicted octanol–water partition coefficient (Wildman–Crippen LogP) is 6.16. The molecule has 1 aliphatic rings. The number of amides is 1. The minimum absolute atomic E-state index is 0.0728. The van der Waals surface area contributed by atoms with Crippen molar-refractivity contribution in [3.8, 4) is 16.9 Å². The third kappa shape index (κ3) is 6.91. The Balaban J connectivity index is 1.45. The Kier molecular flexibility index (Phi) is 9.06. The van der Waals surface area contributed by atoms with Crippen LogP contribution in [0.25, 0.3) is 22.8 Å². The molecule has 7 nitrogen and oxygen atoms in total. The van der Waals surface area contributed by atoms with Crippen LogP contribution in [0.5, 0.6) is 5.75 Å². The molecule has 0 aromatic heterocycles. The van der Waals surface area contributed by atoms with E-state index in [9.17, 15) is 22.0 Å². The van der Waals surface area contributed by atoms with Crippen LogP contribution in [0.15, 0.2) is 108 Å². The molecular weight excluding hydrogens is 562 g/mol. The van der Waals surface area contributed by atoms with Gasteiger partial charge in [-0.1, -0.05) is 72.8 Å². The van der Waals surface area contributed by atoms with Crippen molar-refractivity contribution in [2.24, 2.45) is 0 Å². The van der Waals surface area contributed by atoms with E-state index in [1.807, 2.05) is 42.5 Å². The Labute approximate surface area is 243 Å². The van der Waals surface area contributed by atoms with E-state index in [0.717, 1.165) is 11.1 Å². The van der Waals surface area contributed by atoms with Crippen molar-refractivity contribution in [1.29, 1.82) is 0 Å². The van der Waals surface area contributed by atoms with Gasteiger partial charge in [-0.05, 0) is 53.1 Å². The normalized spacial score (nSPS) is 14.5. The maximum absolute atomic E-state index is 13.6. The number of hydrogen-bond donors (Lipinski definition) is 1. The van der Waals surface area contributed by atoms with Crippen LogP contribution in [0.2, 0.25) is 0 Å². The number of morpholine rings is 1. The number of nitrogens with zero attached hydrogens (tertiary/aromatic N) is 1. The number of sulfonamides is 1. The quantitative estimate of drug-likeness (QED) is 0.187. The highest BCUT2D eigenvalue weighted by molar-refractivity contribution is 7.89. The number of nitrogens with one attached hydrogen (secondary N) is 1. The third-order valence-corrected chi connectivity index (χ3v) is 8.62. The van der Waals surface area contributed by atoms with Crippen LogP contribution in [0.3, 0.4) is 0 Å². The monoisotopic (exact) mass is 590 g/mol. The smallest absolute Gasteiger partial charge is 0.387 e. The van der Waals surface area contributed by atoms with Crippen molar-refractivity contribution >= 4 is 33.3 Å². The number of ether oxygens (including phenoxy) is 2. The SMILES string of the molecule is O=C(Nc1ccc(S(=O)(=O)N2CCOCC2)cc1)/C(=C\c1ccccc1OC(F)F)c1ccc(-c2ccccc2)cc1. The molecule has 0 aliphatic carbocycles. The van der Waals surface area contributed by atoms with Gasteiger partial charge >= 0.3 is 6.61 Å². The van der Waals surface area contributed by atoms with Crippen LogP contribution < -0.4 is 10.1 Å². The molecule has 4 aromatic rings. The van der Waals surface area contributed by atoms with Crippen LogP contribution in [-0.4, -0.2) is 51.5 Å². The van der Waals surface area contributed by atoms with E-state index in [1.54, 1.807) is 30.3 Å². The number of benzene rings is 4. The Morgan fingerprint density at radius 2 is 1.45 bits per heavy atom. The second-order valence-corrected chi connectivity index (χ2v) is 11.4. The number of hydrogen-bond acceptors (Lipinski definition) is 5. The van der Waals surface area contributed by atoms with E-state index in [-0.39, 0.29) is 29.3 Å². The maximum atomic E-state index is 13.6. The summed E-state index contributed by atoms with van der Waals surface area (Å²) in [6, 6.07) is 29.1. The zero-order valence-corrected chi connectivity index (χ0v) is 23.3. The average Bonchev–Trinajstić information content (AvgIpc) is 3.01. The molecule has 0 bridgehead atoms.